The molecule has 0 saturated heterocycles. The fraction of sp³-hybridized carbons (Fsp3) is 0.550. The molecule has 0 heterocycles. The van der Waals surface area contributed by atoms with Crippen molar-refractivity contribution in [2.24, 2.45) is 23.7 Å². The molecule has 1 saturated carbocycles. The van der Waals surface area contributed by atoms with Crippen molar-refractivity contribution < 1.29 is 9.18 Å². The summed E-state index contributed by atoms with van der Waals surface area (Å²) in [5, 5.41) is 0. The highest BCUT2D eigenvalue weighted by Gasteiger charge is 2.38. The molecule has 1 aromatic rings. The van der Waals surface area contributed by atoms with Crippen LogP contribution in [0.4, 0.5) is 4.39 Å². The maximum atomic E-state index is 13.1. The van der Waals surface area contributed by atoms with E-state index in [0.717, 1.165) is 6.54 Å². The highest BCUT2D eigenvalue weighted by Crippen LogP contribution is 2.44. The summed E-state index contributed by atoms with van der Waals surface area (Å²) >= 11 is 0. The van der Waals surface area contributed by atoms with Crippen LogP contribution in [0.1, 0.15) is 44.0 Å². The number of benzene rings is 1. The molecule has 23 heavy (non-hydrogen) atoms. The van der Waals surface area contributed by atoms with E-state index in [4.69, 9.17) is 0 Å². The summed E-state index contributed by atoms with van der Waals surface area (Å²) in [4.78, 5) is 15.0. The topological polar surface area (TPSA) is 20.3 Å². The first-order valence-corrected chi connectivity index (χ1v) is 8.70. The van der Waals surface area contributed by atoms with E-state index >= 15 is 0 Å². The van der Waals surface area contributed by atoms with Crippen LogP contribution in [0.15, 0.2) is 36.4 Å². The smallest absolute Gasteiger partial charge is 0.254 e. The Bertz CT molecular complexity index is 592. The molecule has 1 aromatic carbocycles. The normalized spacial score (nSPS) is 26.7. The van der Waals surface area contributed by atoms with Gasteiger partial charge < -0.3 is 4.90 Å². The maximum Gasteiger partial charge on any atom is 0.254 e. The molecule has 0 radical (unpaired) electrons. The van der Waals surface area contributed by atoms with Crippen molar-refractivity contribution in [1.29, 1.82) is 0 Å². The fourth-order valence-corrected chi connectivity index (χ4v) is 3.91. The molecule has 2 bridgehead atoms. The van der Waals surface area contributed by atoms with Crippen LogP contribution in [0.2, 0.25) is 0 Å². The summed E-state index contributed by atoms with van der Waals surface area (Å²) in [6, 6.07) is 6.10. The fourth-order valence-electron chi connectivity index (χ4n) is 3.91. The Morgan fingerprint density at radius 2 is 1.87 bits per heavy atom. The average molecular weight is 315 g/mol. The first kappa shape index (κ1) is 16.2. The summed E-state index contributed by atoms with van der Waals surface area (Å²) in [7, 11) is 0. The maximum absolute atomic E-state index is 13.1. The van der Waals surface area contributed by atoms with Crippen LogP contribution in [0.25, 0.3) is 0 Å². The molecule has 2 nitrogen and oxygen atoms in total. The lowest BCUT2D eigenvalue weighted by Gasteiger charge is -2.35. The van der Waals surface area contributed by atoms with Crippen molar-refractivity contribution >= 4 is 5.91 Å². The van der Waals surface area contributed by atoms with E-state index in [0.29, 0.717) is 29.2 Å². The monoisotopic (exact) mass is 315 g/mol. The Labute approximate surface area is 138 Å². The Hall–Kier alpha value is -1.64. The van der Waals surface area contributed by atoms with Crippen molar-refractivity contribution in [3.05, 3.63) is 47.8 Å². The van der Waals surface area contributed by atoms with Crippen LogP contribution >= 0.6 is 0 Å². The predicted octanol–water partition coefficient (Wildman–Crippen LogP) is 4.52. The Morgan fingerprint density at radius 3 is 2.39 bits per heavy atom. The molecule has 0 N–H and O–H groups in total. The van der Waals surface area contributed by atoms with Crippen LogP contribution in [-0.4, -0.2) is 23.4 Å². The Kier molecular flexibility index (Phi) is 4.56. The molecule has 0 aliphatic heterocycles. The molecule has 1 fully saturated rings. The summed E-state index contributed by atoms with van der Waals surface area (Å²) in [5.74, 6) is 2.02. The second kappa shape index (κ2) is 6.46. The van der Waals surface area contributed by atoms with Gasteiger partial charge in [0.15, 0.2) is 0 Å². The van der Waals surface area contributed by atoms with Gasteiger partial charge in [-0.3, -0.25) is 4.79 Å². The van der Waals surface area contributed by atoms with E-state index in [1.165, 1.54) is 25.0 Å². The van der Waals surface area contributed by atoms with Crippen LogP contribution in [-0.2, 0) is 0 Å². The van der Waals surface area contributed by atoms with E-state index < -0.39 is 0 Å². The van der Waals surface area contributed by atoms with Gasteiger partial charge in [-0.25, -0.2) is 4.39 Å². The zero-order chi connectivity index (χ0) is 16.6. The summed E-state index contributed by atoms with van der Waals surface area (Å²) in [6.07, 6.45) is 7.11. The highest BCUT2D eigenvalue weighted by molar-refractivity contribution is 5.94. The number of carbonyl (C=O) groups excluding carboxylic acids is 1. The molecular formula is C20H26FNO. The van der Waals surface area contributed by atoms with Gasteiger partial charge in [0, 0.05) is 18.2 Å². The van der Waals surface area contributed by atoms with E-state index in [-0.39, 0.29) is 17.8 Å². The van der Waals surface area contributed by atoms with Gasteiger partial charge in [-0.2, -0.15) is 0 Å². The van der Waals surface area contributed by atoms with E-state index in [1.54, 1.807) is 12.1 Å². The molecule has 3 rings (SSSR count). The minimum absolute atomic E-state index is 0.0259. The third-order valence-electron chi connectivity index (χ3n) is 5.66. The van der Waals surface area contributed by atoms with Gasteiger partial charge >= 0.3 is 0 Å². The number of amides is 1. The molecule has 3 heteroatoms. The number of hydrogen-bond donors (Lipinski definition) is 0. The summed E-state index contributed by atoms with van der Waals surface area (Å²) in [6.45, 7) is 7.23. The van der Waals surface area contributed by atoms with Gasteiger partial charge in [-0.05, 0) is 67.7 Å². The lowest BCUT2D eigenvalue weighted by molar-refractivity contribution is 0.0594. The average Bonchev–Trinajstić information content (AvgIpc) is 3.14. The van der Waals surface area contributed by atoms with Gasteiger partial charge in [0.1, 0.15) is 5.82 Å². The van der Waals surface area contributed by atoms with E-state index in [2.05, 4.69) is 32.9 Å². The van der Waals surface area contributed by atoms with Gasteiger partial charge in [-0.1, -0.05) is 26.0 Å². The minimum Gasteiger partial charge on any atom is -0.335 e. The number of carbonyl (C=O) groups is 1. The zero-order valence-corrected chi connectivity index (χ0v) is 14.2. The van der Waals surface area contributed by atoms with Crippen molar-refractivity contribution in [1.82, 2.24) is 4.90 Å². The molecule has 0 aromatic heterocycles. The molecular weight excluding hydrogens is 289 g/mol. The predicted molar refractivity (Wildman–Crippen MR) is 90.6 cm³/mol. The standard InChI is InChI=1S/C20H26FNO/c1-13(2)14(3)22(12-18-11-15-4-5-17(18)10-15)20(23)16-6-8-19(21)9-7-16/h4-9,13-15,17-18H,10-12H2,1-3H3. The largest absolute Gasteiger partial charge is 0.335 e. The van der Waals surface area contributed by atoms with Crippen molar-refractivity contribution in [2.45, 2.75) is 39.7 Å². The Morgan fingerprint density at radius 1 is 1.17 bits per heavy atom. The molecule has 4 atom stereocenters. The van der Waals surface area contributed by atoms with Crippen LogP contribution in [0, 0.1) is 29.5 Å². The van der Waals surface area contributed by atoms with Crippen LogP contribution < -0.4 is 0 Å². The number of rotatable bonds is 5. The first-order valence-electron chi connectivity index (χ1n) is 8.70. The van der Waals surface area contributed by atoms with Crippen molar-refractivity contribution in [3.63, 3.8) is 0 Å². The lowest BCUT2D eigenvalue weighted by Crippen LogP contribution is -2.44. The van der Waals surface area contributed by atoms with Crippen LogP contribution in [0.3, 0.4) is 0 Å². The number of hydrogen-bond acceptors (Lipinski definition) is 1. The lowest BCUT2D eigenvalue weighted by atomic mass is 9.91. The molecule has 4 unspecified atom stereocenters. The molecule has 124 valence electrons. The van der Waals surface area contributed by atoms with Gasteiger partial charge in [0.05, 0.1) is 0 Å². The minimum atomic E-state index is -0.303. The summed E-state index contributed by atoms with van der Waals surface area (Å²) < 4.78 is 13.1. The molecule has 2 aliphatic rings. The SMILES string of the molecule is CC(C)C(C)N(CC1CC2C=CC1C2)C(=O)c1ccc(F)cc1. The van der Waals surface area contributed by atoms with Crippen molar-refractivity contribution in [2.75, 3.05) is 6.54 Å². The quantitative estimate of drug-likeness (QED) is 0.731. The third kappa shape index (κ3) is 3.34. The number of allylic oxidation sites excluding steroid dienone is 2. The third-order valence-corrected chi connectivity index (χ3v) is 5.66. The van der Waals surface area contributed by atoms with E-state index in [1.807, 2.05) is 4.90 Å². The van der Waals surface area contributed by atoms with Gasteiger partial charge in [0.2, 0.25) is 0 Å². The van der Waals surface area contributed by atoms with Gasteiger partial charge in [-0.15, -0.1) is 0 Å². The number of halogens is 1. The number of fused-ring (bicyclic) bond motifs is 2. The second-order valence-electron chi connectivity index (χ2n) is 7.49. The molecule has 1 amide bonds. The van der Waals surface area contributed by atoms with Crippen LogP contribution in [0.5, 0.6) is 0 Å². The van der Waals surface area contributed by atoms with E-state index in [9.17, 15) is 9.18 Å². The molecule has 2 aliphatic carbocycles. The second-order valence-corrected chi connectivity index (χ2v) is 7.49. The Balaban J connectivity index is 1.79. The van der Waals surface area contributed by atoms with Gasteiger partial charge in [0.25, 0.3) is 5.91 Å². The highest BCUT2D eigenvalue weighted by atomic mass is 19.1. The summed E-state index contributed by atoms with van der Waals surface area (Å²) in [5.41, 5.74) is 0.581. The first-order chi connectivity index (χ1) is 11.0. The zero-order valence-electron chi connectivity index (χ0n) is 14.2. The number of nitrogens with zero attached hydrogens (tertiary/aromatic N) is 1. The van der Waals surface area contributed by atoms with Crippen molar-refractivity contribution in [3.8, 4) is 0 Å². The molecule has 0 spiro atoms.